The Morgan fingerprint density at radius 1 is 1.03 bits per heavy atom. The minimum atomic E-state index is -3.98. The topological polar surface area (TPSA) is 87.0 Å². The highest BCUT2D eigenvalue weighted by atomic mass is 79.9. The molecule has 3 rings (SSSR count). The lowest BCUT2D eigenvalue weighted by atomic mass is 10.1. The maximum atomic E-state index is 12.8. The van der Waals surface area contributed by atoms with E-state index in [1.165, 1.54) is 18.2 Å². The summed E-state index contributed by atoms with van der Waals surface area (Å²) in [7, 11) is -3.98. The number of nitrogens with one attached hydrogen (secondary N) is 1. The molecule has 1 amide bonds. The van der Waals surface area contributed by atoms with Crippen molar-refractivity contribution < 1.29 is 13.2 Å². The third kappa shape index (κ3) is 4.97. The Hall–Kier alpha value is -2.92. The van der Waals surface area contributed by atoms with Crippen molar-refractivity contribution in [3.05, 3.63) is 98.3 Å². The third-order valence-electron chi connectivity index (χ3n) is 4.08. The Labute approximate surface area is 187 Å². The first kappa shape index (κ1) is 21.8. The highest BCUT2D eigenvalue weighted by Crippen LogP contribution is 2.24. The molecule has 0 saturated carbocycles. The van der Waals surface area contributed by atoms with Gasteiger partial charge >= 0.3 is 0 Å². The maximum Gasteiger partial charge on any atom is 0.257 e. The predicted molar refractivity (Wildman–Crippen MR) is 121 cm³/mol. The lowest BCUT2D eigenvalue weighted by Crippen LogP contribution is -2.12. The number of amides is 1. The Kier molecular flexibility index (Phi) is 6.73. The van der Waals surface area contributed by atoms with Gasteiger partial charge in [-0.25, -0.2) is 8.42 Å². The summed E-state index contributed by atoms with van der Waals surface area (Å²) < 4.78 is 26.3. The van der Waals surface area contributed by atoms with Gasteiger partial charge in [0, 0.05) is 10.2 Å². The van der Waals surface area contributed by atoms with Crippen LogP contribution in [0, 0.1) is 11.3 Å². The average Bonchev–Trinajstić information content (AvgIpc) is 2.72. The van der Waals surface area contributed by atoms with E-state index in [-0.39, 0.29) is 4.90 Å². The molecule has 0 radical (unpaired) electrons. The van der Waals surface area contributed by atoms with Crippen molar-refractivity contribution in [1.82, 2.24) is 0 Å². The molecule has 1 N–H and O–H groups in total. The molecule has 3 aromatic rings. The number of carbonyl (C=O) groups excluding carboxylic acids is 1. The molecule has 0 aliphatic heterocycles. The molecule has 0 spiro atoms. The first-order chi connectivity index (χ1) is 14.3. The molecule has 0 unspecified atom stereocenters. The van der Waals surface area contributed by atoms with Gasteiger partial charge in [-0.2, -0.15) is 5.26 Å². The van der Waals surface area contributed by atoms with E-state index in [2.05, 4.69) is 21.2 Å². The van der Waals surface area contributed by atoms with Crippen LogP contribution < -0.4 is 5.32 Å². The number of benzene rings is 3. The van der Waals surface area contributed by atoms with E-state index in [9.17, 15) is 18.5 Å². The van der Waals surface area contributed by atoms with Crippen LogP contribution in [-0.2, 0) is 9.84 Å². The summed E-state index contributed by atoms with van der Waals surface area (Å²) in [5.74, 6) is -0.398. The number of hydrogen-bond donors (Lipinski definition) is 1. The Morgan fingerprint density at radius 2 is 1.73 bits per heavy atom. The SMILES string of the molecule is N#CC(=Cc1cccc(NC(=O)c2ccccc2Cl)c1)S(=O)(=O)c1ccc(Br)cc1. The van der Waals surface area contributed by atoms with Gasteiger partial charge in [0.05, 0.1) is 15.5 Å². The molecule has 0 aliphatic carbocycles. The van der Waals surface area contributed by atoms with Crippen LogP contribution in [0.15, 0.2) is 87.1 Å². The summed E-state index contributed by atoms with van der Waals surface area (Å²) in [5, 5.41) is 12.5. The lowest BCUT2D eigenvalue weighted by molar-refractivity contribution is 0.102. The van der Waals surface area contributed by atoms with E-state index < -0.39 is 20.6 Å². The summed E-state index contributed by atoms with van der Waals surface area (Å²) in [6.07, 6.45) is 1.27. The van der Waals surface area contributed by atoms with Gasteiger partial charge in [0.1, 0.15) is 11.0 Å². The zero-order valence-corrected chi connectivity index (χ0v) is 18.5. The second kappa shape index (κ2) is 9.26. The fraction of sp³-hybridized carbons (Fsp3) is 0. The van der Waals surface area contributed by atoms with Crippen LogP contribution in [-0.4, -0.2) is 14.3 Å². The quantitative estimate of drug-likeness (QED) is 0.455. The molecule has 5 nitrogen and oxygen atoms in total. The van der Waals surface area contributed by atoms with Gasteiger partial charge in [-0.3, -0.25) is 4.79 Å². The molecule has 8 heteroatoms. The van der Waals surface area contributed by atoms with E-state index in [4.69, 9.17) is 11.6 Å². The van der Waals surface area contributed by atoms with Crippen LogP contribution in [0.3, 0.4) is 0 Å². The number of sulfone groups is 1. The van der Waals surface area contributed by atoms with Crippen molar-refractivity contribution in [2.75, 3.05) is 5.32 Å². The van der Waals surface area contributed by atoms with Gasteiger partial charge in [-0.15, -0.1) is 0 Å². The molecule has 0 fully saturated rings. The molecule has 0 atom stereocenters. The van der Waals surface area contributed by atoms with Crippen molar-refractivity contribution in [3.8, 4) is 6.07 Å². The molecule has 3 aromatic carbocycles. The van der Waals surface area contributed by atoms with Crippen LogP contribution in [0.4, 0.5) is 5.69 Å². The number of nitriles is 1. The maximum absolute atomic E-state index is 12.8. The minimum Gasteiger partial charge on any atom is -0.322 e. The van der Waals surface area contributed by atoms with E-state index in [1.807, 2.05) is 0 Å². The zero-order valence-electron chi connectivity index (χ0n) is 15.3. The van der Waals surface area contributed by atoms with Gasteiger partial charge in [-0.1, -0.05) is 51.8 Å². The highest BCUT2D eigenvalue weighted by Gasteiger charge is 2.20. The predicted octanol–water partition coefficient (Wildman–Crippen LogP) is 5.69. The zero-order chi connectivity index (χ0) is 21.7. The standard InChI is InChI=1S/C22H14BrClN2O3S/c23-16-8-10-18(11-9-16)30(28,29)19(14-25)13-15-4-3-5-17(12-15)26-22(27)20-6-1-2-7-21(20)24/h1-13H,(H,26,27). The Morgan fingerprint density at radius 3 is 2.40 bits per heavy atom. The summed E-state index contributed by atoms with van der Waals surface area (Å²) in [5.41, 5.74) is 1.20. The minimum absolute atomic E-state index is 0.0154. The molecule has 0 aromatic heterocycles. The first-order valence-electron chi connectivity index (χ1n) is 8.59. The summed E-state index contributed by atoms with van der Waals surface area (Å²) >= 11 is 9.30. The van der Waals surface area contributed by atoms with E-state index >= 15 is 0 Å². The van der Waals surface area contributed by atoms with Crippen molar-refractivity contribution >= 4 is 55.0 Å². The van der Waals surface area contributed by atoms with Gasteiger partial charge in [0.2, 0.25) is 9.84 Å². The van der Waals surface area contributed by atoms with Crippen molar-refractivity contribution in [2.45, 2.75) is 4.90 Å². The van der Waals surface area contributed by atoms with Gasteiger partial charge in [-0.05, 0) is 60.2 Å². The normalized spacial score (nSPS) is 11.6. The monoisotopic (exact) mass is 500 g/mol. The third-order valence-corrected chi connectivity index (χ3v) is 6.62. The second-order valence-electron chi connectivity index (χ2n) is 6.14. The number of halogens is 2. The van der Waals surface area contributed by atoms with Crippen LogP contribution in [0.2, 0.25) is 5.02 Å². The average molecular weight is 502 g/mol. The Balaban J connectivity index is 1.90. The van der Waals surface area contributed by atoms with Gasteiger partial charge < -0.3 is 5.32 Å². The van der Waals surface area contributed by atoms with Crippen LogP contribution >= 0.6 is 27.5 Å². The smallest absolute Gasteiger partial charge is 0.257 e. The Bertz CT molecular complexity index is 1280. The number of carbonyl (C=O) groups is 1. The first-order valence-corrected chi connectivity index (χ1v) is 11.2. The summed E-state index contributed by atoms with van der Waals surface area (Å²) in [6, 6.07) is 20.9. The molecular formula is C22H14BrClN2O3S. The number of nitrogens with zero attached hydrogens (tertiary/aromatic N) is 1. The number of rotatable bonds is 5. The van der Waals surface area contributed by atoms with Crippen LogP contribution in [0.5, 0.6) is 0 Å². The number of hydrogen-bond acceptors (Lipinski definition) is 4. The van der Waals surface area contributed by atoms with E-state index in [1.54, 1.807) is 66.7 Å². The molecule has 0 heterocycles. The molecule has 0 aliphatic rings. The fourth-order valence-electron chi connectivity index (χ4n) is 2.61. The number of allylic oxidation sites excluding steroid dienone is 1. The van der Waals surface area contributed by atoms with Gasteiger partial charge in [0.25, 0.3) is 5.91 Å². The van der Waals surface area contributed by atoms with Crippen molar-refractivity contribution in [1.29, 1.82) is 5.26 Å². The summed E-state index contributed by atoms with van der Waals surface area (Å²) in [6.45, 7) is 0. The molecule has 150 valence electrons. The molecular weight excluding hydrogens is 488 g/mol. The van der Waals surface area contributed by atoms with Gasteiger partial charge in [0.15, 0.2) is 0 Å². The lowest BCUT2D eigenvalue weighted by Gasteiger charge is -2.08. The summed E-state index contributed by atoms with van der Waals surface area (Å²) in [4.78, 5) is 12.0. The van der Waals surface area contributed by atoms with E-state index in [0.29, 0.717) is 21.8 Å². The van der Waals surface area contributed by atoms with Crippen LogP contribution in [0.1, 0.15) is 15.9 Å². The fourth-order valence-corrected chi connectivity index (χ4v) is 4.26. The molecule has 0 saturated heterocycles. The second-order valence-corrected chi connectivity index (χ2v) is 9.38. The van der Waals surface area contributed by atoms with Crippen molar-refractivity contribution in [3.63, 3.8) is 0 Å². The largest absolute Gasteiger partial charge is 0.322 e. The molecule has 0 bridgehead atoms. The van der Waals surface area contributed by atoms with E-state index in [0.717, 1.165) is 4.47 Å². The number of anilines is 1. The van der Waals surface area contributed by atoms with Crippen LogP contribution in [0.25, 0.3) is 6.08 Å². The highest BCUT2D eigenvalue weighted by molar-refractivity contribution is 9.10. The van der Waals surface area contributed by atoms with Crippen molar-refractivity contribution in [2.24, 2.45) is 0 Å². The molecule has 30 heavy (non-hydrogen) atoms.